The van der Waals surface area contributed by atoms with Crippen molar-refractivity contribution in [1.82, 2.24) is 9.97 Å². The van der Waals surface area contributed by atoms with Gasteiger partial charge in [-0.05, 0) is 56.9 Å². The van der Waals surface area contributed by atoms with Crippen molar-refractivity contribution in [3.8, 4) is 11.3 Å². The van der Waals surface area contributed by atoms with Gasteiger partial charge in [0, 0.05) is 17.4 Å². The van der Waals surface area contributed by atoms with Gasteiger partial charge in [0.15, 0.2) is 0 Å². The fraction of sp³-hybridized carbons (Fsp3) is 0.179. The van der Waals surface area contributed by atoms with Crippen LogP contribution in [0.15, 0.2) is 115 Å². The van der Waals surface area contributed by atoms with E-state index in [9.17, 15) is 0 Å². The van der Waals surface area contributed by atoms with Gasteiger partial charge in [0.25, 0.3) is 0 Å². The van der Waals surface area contributed by atoms with Crippen molar-refractivity contribution >= 4 is 39.5 Å². The summed E-state index contributed by atoms with van der Waals surface area (Å²) in [6, 6.07) is 41.6. The maximum Gasteiger partial charge on any atom is 2.00 e. The van der Waals surface area contributed by atoms with Crippen molar-refractivity contribution in [3.05, 3.63) is 143 Å². The molecule has 0 amide bonds. The molecule has 220 valence electrons. The number of fused-ring (bicyclic) bond motifs is 3. The Kier molecular flexibility index (Phi) is 7.68. The molecule has 44 heavy (non-hydrogen) atoms. The molecule has 0 unspecified atom stereocenters. The Hall–Kier alpha value is -4.27. The molecule has 0 saturated heterocycles. The molecule has 0 radical (unpaired) electrons. The minimum absolute atomic E-state index is 0. The van der Waals surface area contributed by atoms with Crippen LogP contribution in [0.5, 0.6) is 0 Å². The summed E-state index contributed by atoms with van der Waals surface area (Å²) < 4.78 is 0. The Morgan fingerprint density at radius 1 is 0.773 bits per heavy atom. The van der Waals surface area contributed by atoms with E-state index >= 15 is 0 Å². The third-order valence-corrected chi connectivity index (χ3v) is 8.46. The topological polar surface area (TPSA) is 43.1 Å². The van der Waals surface area contributed by atoms with E-state index in [-0.39, 0.29) is 31.9 Å². The molecule has 5 heteroatoms. The summed E-state index contributed by atoms with van der Waals surface area (Å²) in [5.41, 5.74) is 10.1. The molecule has 0 atom stereocenters. The van der Waals surface area contributed by atoms with Crippen molar-refractivity contribution in [2.75, 3.05) is 4.90 Å². The predicted molar refractivity (Wildman–Crippen MR) is 178 cm³/mol. The van der Waals surface area contributed by atoms with Crippen LogP contribution in [-0.4, -0.2) is 9.97 Å². The Morgan fingerprint density at radius 3 is 2.34 bits per heavy atom. The third-order valence-electron chi connectivity index (χ3n) is 8.46. The summed E-state index contributed by atoms with van der Waals surface area (Å²) in [5.74, 6) is 0.889. The number of aromatic nitrogens is 2. The van der Waals surface area contributed by atoms with E-state index in [2.05, 4.69) is 112 Å². The molecule has 2 aromatic heterocycles. The van der Waals surface area contributed by atoms with E-state index in [1.54, 1.807) is 0 Å². The van der Waals surface area contributed by atoms with Gasteiger partial charge in [0.2, 0.25) is 0 Å². The summed E-state index contributed by atoms with van der Waals surface area (Å²) in [4.78, 5) is 12.3. The molecule has 0 bridgehead atoms. The van der Waals surface area contributed by atoms with E-state index in [0.717, 1.165) is 50.7 Å². The summed E-state index contributed by atoms with van der Waals surface area (Å²) in [6.45, 7) is 11.3. The minimum Gasteiger partial charge on any atom is -0.656 e. The molecule has 0 fully saturated rings. The van der Waals surface area contributed by atoms with Crippen molar-refractivity contribution in [2.24, 2.45) is 0 Å². The van der Waals surface area contributed by atoms with Crippen LogP contribution in [-0.2, 0) is 31.9 Å². The average molecular weight is 754 g/mol. The molecule has 1 aliphatic heterocycles. The zero-order chi connectivity index (χ0) is 29.8. The van der Waals surface area contributed by atoms with Gasteiger partial charge in [0.1, 0.15) is 5.82 Å². The van der Waals surface area contributed by atoms with Gasteiger partial charge in [-0.15, -0.1) is 35.1 Å². The van der Waals surface area contributed by atoms with Crippen molar-refractivity contribution in [1.29, 1.82) is 0 Å². The number of benzene rings is 4. The van der Waals surface area contributed by atoms with Gasteiger partial charge in [0.05, 0.1) is 0 Å². The first-order valence-corrected chi connectivity index (χ1v) is 14.8. The van der Waals surface area contributed by atoms with Crippen LogP contribution in [0.2, 0.25) is 0 Å². The standard InChI is InChI=1S/C39H34N4.Pt/c1-38(2,3)28-22-23-40-36(25-28)43-34-17-10-9-15-30(34)39(4,5)31-20-18-27(24-35(31)43)32-21-19-26-12-11-16-33(37(26)42-32)41-29-13-7-6-8-14-29;/h6-23,25H,1-5H3;/q-2;+2. The van der Waals surface area contributed by atoms with E-state index in [1.165, 1.54) is 16.7 Å². The third kappa shape index (κ3) is 5.22. The summed E-state index contributed by atoms with van der Waals surface area (Å²) in [6.07, 6.45) is 1.92. The zero-order valence-corrected chi connectivity index (χ0v) is 27.8. The Labute approximate surface area is 274 Å². The van der Waals surface area contributed by atoms with Crippen molar-refractivity contribution < 1.29 is 21.1 Å². The molecule has 6 aromatic rings. The summed E-state index contributed by atoms with van der Waals surface area (Å²) >= 11 is 0. The maximum atomic E-state index is 5.16. The van der Waals surface area contributed by atoms with Crippen molar-refractivity contribution in [3.63, 3.8) is 0 Å². The second-order valence-electron chi connectivity index (χ2n) is 12.8. The average Bonchev–Trinajstić information content (AvgIpc) is 3.01. The molecule has 3 heterocycles. The number of hydrogen-bond donors (Lipinski definition) is 0. The van der Waals surface area contributed by atoms with Crippen LogP contribution in [0.4, 0.5) is 28.6 Å². The van der Waals surface area contributed by atoms with E-state index in [0.29, 0.717) is 0 Å². The first-order valence-electron chi connectivity index (χ1n) is 14.8. The first kappa shape index (κ1) is 29.8. The number of para-hydroxylation sites is 3. The first-order chi connectivity index (χ1) is 20.7. The number of nitrogens with zero attached hydrogens (tertiary/aromatic N) is 4. The maximum absolute atomic E-state index is 5.16. The smallest absolute Gasteiger partial charge is 0.656 e. The van der Waals surface area contributed by atoms with Crippen LogP contribution in [0.3, 0.4) is 0 Å². The molecule has 4 aromatic carbocycles. The summed E-state index contributed by atoms with van der Waals surface area (Å²) in [7, 11) is 0. The van der Waals surface area contributed by atoms with Crippen molar-refractivity contribution in [2.45, 2.75) is 45.4 Å². The predicted octanol–water partition coefficient (Wildman–Crippen LogP) is 10.8. The van der Waals surface area contributed by atoms with Crippen LogP contribution < -0.4 is 4.90 Å². The monoisotopic (exact) mass is 753 g/mol. The van der Waals surface area contributed by atoms with Gasteiger partial charge in [-0.2, -0.15) is 0 Å². The van der Waals surface area contributed by atoms with Crippen LogP contribution in [0.25, 0.3) is 27.5 Å². The largest absolute Gasteiger partial charge is 2.00 e. The summed E-state index contributed by atoms with van der Waals surface area (Å²) in [5, 5.41) is 5.96. The van der Waals surface area contributed by atoms with Gasteiger partial charge in [-0.3, -0.25) is 4.98 Å². The van der Waals surface area contributed by atoms with E-state index in [4.69, 9.17) is 15.3 Å². The second-order valence-corrected chi connectivity index (χ2v) is 12.8. The fourth-order valence-corrected chi connectivity index (χ4v) is 6.03. The Balaban J connectivity index is 0.00000343. The van der Waals surface area contributed by atoms with Gasteiger partial charge >= 0.3 is 21.1 Å². The van der Waals surface area contributed by atoms with Gasteiger partial charge in [-0.1, -0.05) is 119 Å². The quantitative estimate of drug-likeness (QED) is 0.168. The van der Waals surface area contributed by atoms with Crippen LogP contribution >= 0.6 is 0 Å². The van der Waals surface area contributed by atoms with Gasteiger partial charge in [-0.25, -0.2) is 4.98 Å². The number of hydrogen-bond acceptors (Lipinski definition) is 3. The molecule has 0 N–H and O–H groups in total. The molecular formula is C39H34N4Pt. The fourth-order valence-electron chi connectivity index (χ4n) is 6.03. The Morgan fingerprint density at radius 2 is 1.55 bits per heavy atom. The molecule has 4 nitrogen and oxygen atoms in total. The van der Waals surface area contributed by atoms with E-state index in [1.807, 2.05) is 48.7 Å². The molecule has 0 spiro atoms. The van der Waals surface area contributed by atoms with Gasteiger partial charge < -0.3 is 10.2 Å². The molecule has 1 aliphatic rings. The Bertz CT molecular complexity index is 1980. The molecule has 0 saturated carbocycles. The normalized spacial score (nSPS) is 13.5. The van der Waals surface area contributed by atoms with Crippen LogP contribution in [0, 0.1) is 6.07 Å². The molecule has 0 aliphatic carbocycles. The van der Waals surface area contributed by atoms with Crippen LogP contribution in [0.1, 0.15) is 51.3 Å². The molecular weight excluding hydrogens is 720 g/mol. The minimum atomic E-state index is -0.211. The number of rotatable bonds is 4. The number of anilines is 3. The molecule has 7 rings (SSSR count). The number of pyridine rings is 2. The SMILES string of the molecule is CC(C)(C)c1ccnc(N2c3[c-]c(-c4ccc5cccc([N-]c6ccccc6)c5n4)ccc3C(C)(C)c3ccccc32)c1.[Pt+2]. The zero-order valence-electron chi connectivity index (χ0n) is 25.6. The second kappa shape index (κ2) is 11.3. The van der Waals surface area contributed by atoms with E-state index < -0.39 is 0 Å².